The Labute approximate surface area is 341 Å². The van der Waals surface area contributed by atoms with Crippen molar-refractivity contribution in [3.05, 3.63) is 205 Å². The van der Waals surface area contributed by atoms with Gasteiger partial charge in [-0.3, -0.25) is 0 Å². The van der Waals surface area contributed by atoms with Gasteiger partial charge in [0.1, 0.15) is 0 Å². The fourth-order valence-corrected chi connectivity index (χ4v) is 10.7. The van der Waals surface area contributed by atoms with Crippen LogP contribution in [0, 0.1) is 0 Å². The smallest absolute Gasteiger partial charge is 0.0619 e. The predicted octanol–water partition coefficient (Wildman–Crippen LogP) is 15.3. The van der Waals surface area contributed by atoms with E-state index in [1.807, 2.05) is 0 Å². The summed E-state index contributed by atoms with van der Waals surface area (Å²) in [7, 11) is 0. The van der Waals surface area contributed by atoms with Crippen molar-refractivity contribution < 1.29 is 0 Å². The molecule has 0 aliphatic heterocycles. The number of hydrogen-bond donors (Lipinski definition) is 0. The van der Waals surface area contributed by atoms with Crippen LogP contribution in [0.25, 0.3) is 110 Å². The van der Waals surface area contributed by atoms with Gasteiger partial charge in [-0.25, -0.2) is 0 Å². The maximum Gasteiger partial charge on any atom is 0.0619 e. The van der Waals surface area contributed by atoms with Crippen LogP contribution in [-0.4, -0.2) is 9.13 Å². The minimum atomic E-state index is -0.111. The summed E-state index contributed by atoms with van der Waals surface area (Å²) in [6.07, 6.45) is 0. The Morgan fingerprint density at radius 3 is 1.88 bits per heavy atom. The molecule has 0 fully saturated rings. The van der Waals surface area contributed by atoms with Crippen LogP contribution in [-0.2, 0) is 5.41 Å². The summed E-state index contributed by atoms with van der Waals surface area (Å²) < 4.78 is 4.97. The first kappa shape index (κ1) is 32.6. The van der Waals surface area contributed by atoms with Gasteiger partial charge in [0.05, 0.1) is 22.1 Å². The fourth-order valence-electron chi connectivity index (χ4n) is 10.7. The normalized spacial score (nSPS) is 13.4. The van der Waals surface area contributed by atoms with E-state index in [1.54, 1.807) is 0 Å². The highest BCUT2D eigenvalue weighted by Gasteiger charge is 2.36. The molecule has 0 unspecified atom stereocenters. The van der Waals surface area contributed by atoms with Crippen LogP contribution in [0.5, 0.6) is 0 Å². The molecule has 1 aliphatic carbocycles. The second-order valence-corrected chi connectivity index (χ2v) is 16.9. The number of benzene rings is 10. The highest BCUT2D eigenvalue weighted by Crippen LogP contribution is 2.51. The zero-order valence-corrected chi connectivity index (χ0v) is 32.9. The lowest BCUT2D eigenvalue weighted by molar-refractivity contribution is 0.661. The van der Waals surface area contributed by atoms with E-state index in [4.69, 9.17) is 0 Å². The first-order valence-corrected chi connectivity index (χ1v) is 20.7. The Balaban J connectivity index is 1.09. The molecule has 12 aromatic rings. The molecule has 0 atom stereocenters. The molecule has 0 spiro atoms. The fraction of sp³-hybridized carbons (Fsp3) is 0.0526. The Morgan fingerprint density at radius 1 is 0.339 bits per heavy atom. The lowest BCUT2D eigenvalue weighted by Crippen LogP contribution is -2.14. The van der Waals surface area contributed by atoms with Crippen LogP contribution in [0.3, 0.4) is 0 Å². The van der Waals surface area contributed by atoms with Crippen molar-refractivity contribution >= 4 is 75.9 Å². The highest BCUT2D eigenvalue weighted by atomic mass is 15.0. The molecule has 0 radical (unpaired) electrons. The largest absolute Gasteiger partial charge is 0.309 e. The van der Waals surface area contributed by atoms with E-state index in [9.17, 15) is 0 Å². The number of hydrogen-bond acceptors (Lipinski definition) is 0. The van der Waals surface area contributed by atoms with Crippen molar-refractivity contribution in [2.45, 2.75) is 19.3 Å². The first-order chi connectivity index (χ1) is 29.0. The third kappa shape index (κ3) is 4.46. The monoisotopic (exact) mass is 750 g/mol. The van der Waals surface area contributed by atoms with E-state index < -0.39 is 0 Å². The SMILES string of the molecule is CC1(C)c2ccccc2-c2cc3c4ccc5c6ccccc6ccc5c4n(-c4cccc(-c5ccc6c(c5)c5c7ccccc7ccc5n6-c5ccccc5)c4)c3cc21. The average Bonchev–Trinajstić information content (AvgIpc) is 3.88. The molecule has 276 valence electrons. The van der Waals surface area contributed by atoms with Gasteiger partial charge in [-0.1, -0.05) is 153 Å². The van der Waals surface area contributed by atoms with E-state index in [0.717, 1.165) is 5.69 Å². The molecule has 13 rings (SSSR count). The number of fused-ring (bicyclic) bond motifs is 15. The molecule has 2 nitrogen and oxygen atoms in total. The topological polar surface area (TPSA) is 9.86 Å². The molecule has 59 heavy (non-hydrogen) atoms. The molecule has 0 N–H and O–H groups in total. The quantitative estimate of drug-likeness (QED) is 0.159. The Kier molecular flexibility index (Phi) is 6.54. The lowest BCUT2D eigenvalue weighted by Gasteiger charge is -2.21. The molecule has 1 aliphatic rings. The summed E-state index contributed by atoms with van der Waals surface area (Å²) in [4.78, 5) is 0. The summed E-state index contributed by atoms with van der Waals surface area (Å²) in [5.74, 6) is 0. The van der Waals surface area contributed by atoms with Crippen molar-refractivity contribution in [1.82, 2.24) is 9.13 Å². The third-order valence-electron chi connectivity index (χ3n) is 13.5. The average molecular weight is 751 g/mol. The number of rotatable bonds is 3. The van der Waals surface area contributed by atoms with Crippen LogP contribution in [0.1, 0.15) is 25.0 Å². The summed E-state index contributed by atoms with van der Waals surface area (Å²) in [6, 6.07) is 72.4. The second kappa shape index (κ2) is 11.8. The third-order valence-corrected chi connectivity index (χ3v) is 13.5. The summed E-state index contributed by atoms with van der Waals surface area (Å²) in [5, 5.41) is 12.7. The number of nitrogens with zero attached hydrogens (tertiary/aromatic N) is 2. The van der Waals surface area contributed by atoms with Crippen LogP contribution in [0.15, 0.2) is 194 Å². The zero-order valence-electron chi connectivity index (χ0n) is 32.9. The van der Waals surface area contributed by atoms with Crippen molar-refractivity contribution in [2.75, 3.05) is 0 Å². The van der Waals surface area contributed by atoms with Gasteiger partial charge < -0.3 is 9.13 Å². The maximum absolute atomic E-state index is 2.55. The van der Waals surface area contributed by atoms with Gasteiger partial charge in [0.2, 0.25) is 0 Å². The van der Waals surface area contributed by atoms with E-state index in [-0.39, 0.29) is 5.41 Å². The molecular weight excluding hydrogens is 713 g/mol. The van der Waals surface area contributed by atoms with E-state index in [0.29, 0.717) is 0 Å². The number of para-hydroxylation sites is 1. The van der Waals surface area contributed by atoms with E-state index >= 15 is 0 Å². The molecule has 2 heteroatoms. The van der Waals surface area contributed by atoms with Crippen molar-refractivity contribution in [1.29, 1.82) is 0 Å². The van der Waals surface area contributed by atoms with Crippen molar-refractivity contribution in [2.24, 2.45) is 0 Å². The molecule has 0 amide bonds. The van der Waals surface area contributed by atoms with E-state index in [2.05, 4.69) is 217 Å². The van der Waals surface area contributed by atoms with Gasteiger partial charge in [0.25, 0.3) is 0 Å². The van der Waals surface area contributed by atoms with Crippen LogP contribution in [0.4, 0.5) is 0 Å². The first-order valence-electron chi connectivity index (χ1n) is 20.7. The highest BCUT2D eigenvalue weighted by molar-refractivity contribution is 6.24. The van der Waals surface area contributed by atoms with Gasteiger partial charge in [0, 0.05) is 43.7 Å². The Morgan fingerprint density at radius 2 is 1.00 bits per heavy atom. The molecule has 2 aromatic heterocycles. The van der Waals surface area contributed by atoms with Crippen LogP contribution in [0.2, 0.25) is 0 Å². The van der Waals surface area contributed by atoms with E-state index in [1.165, 1.54) is 115 Å². The van der Waals surface area contributed by atoms with Crippen molar-refractivity contribution in [3.8, 4) is 33.6 Å². The molecule has 2 heterocycles. The van der Waals surface area contributed by atoms with Gasteiger partial charge in [-0.2, -0.15) is 0 Å². The summed E-state index contributed by atoms with van der Waals surface area (Å²) in [5.41, 5.74) is 15.0. The molecule has 10 aromatic carbocycles. The Bertz CT molecular complexity index is 3750. The number of aromatic nitrogens is 2. The lowest BCUT2D eigenvalue weighted by atomic mass is 9.82. The Hall–Kier alpha value is -7.42. The molecule has 0 bridgehead atoms. The summed E-state index contributed by atoms with van der Waals surface area (Å²) >= 11 is 0. The van der Waals surface area contributed by atoms with Gasteiger partial charge >= 0.3 is 0 Å². The standard InChI is InChI=1S/C57H38N2/c1-57(2)50-22-11-10-21-44(50)47-33-48-46-28-27-43-41-19-8-6-13-35(41)23-26-45(43)56(46)59(54(48)34-51(47)57)40-18-12-15-37(31-40)38-25-29-52-49(32-38)55-42-20-9-7-14-36(42)24-30-53(55)58(52)39-16-4-3-5-17-39/h3-34H,1-2H3. The van der Waals surface area contributed by atoms with Gasteiger partial charge in [-0.15, -0.1) is 0 Å². The summed E-state index contributed by atoms with van der Waals surface area (Å²) in [6.45, 7) is 4.76. The predicted molar refractivity (Wildman–Crippen MR) is 251 cm³/mol. The van der Waals surface area contributed by atoms with Crippen LogP contribution < -0.4 is 0 Å². The maximum atomic E-state index is 2.55. The second-order valence-electron chi connectivity index (χ2n) is 16.9. The van der Waals surface area contributed by atoms with Gasteiger partial charge in [-0.05, 0) is 115 Å². The minimum absolute atomic E-state index is 0.111. The van der Waals surface area contributed by atoms with Crippen molar-refractivity contribution in [3.63, 3.8) is 0 Å². The van der Waals surface area contributed by atoms with Gasteiger partial charge in [0.15, 0.2) is 0 Å². The minimum Gasteiger partial charge on any atom is -0.309 e. The molecule has 0 saturated heterocycles. The molecular formula is C57H38N2. The zero-order chi connectivity index (χ0) is 39.0. The molecule has 0 saturated carbocycles. The van der Waals surface area contributed by atoms with Crippen LogP contribution >= 0.6 is 0 Å².